The molecule has 3 heterocycles. The number of hydrogen-bond donors (Lipinski definition) is 2. The summed E-state index contributed by atoms with van der Waals surface area (Å²) in [5, 5.41) is 3.05. The number of aromatic nitrogens is 2. The number of nitrogens with two attached hydrogens (primary N) is 1. The fourth-order valence-electron chi connectivity index (χ4n) is 4.52. The highest BCUT2D eigenvalue weighted by atomic mass is 35.5. The molecule has 1 atom stereocenters. The van der Waals surface area contributed by atoms with Crippen molar-refractivity contribution < 1.29 is 26.3 Å². The summed E-state index contributed by atoms with van der Waals surface area (Å²) in [5.41, 5.74) is 6.26. The summed E-state index contributed by atoms with van der Waals surface area (Å²) in [5.74, 6) is 0.270. The number of benzene rings is 1. The Bertz CT molecular complexity index is 1220. The second-order valence-electron chi connectivity index (χ2n) is 8.94. The van der Waals surface area contributed by atoms with Crippen molar-refractivity contribution in [3.63, 3.8) is 0 Å². The number of fused-ring (bicyclic) bond motifs is 1. The maximum Gasteiger partial charge on any atom is 0.416 e. The molecule has 2 aliphatic rings. The van der Waals surface area contributed by atoms with Crippen molar-refractivity contribution >= 4 is 33.3 Å². The topological polar surface area (TPSA) is 114 Å². The Morgan fingerprint density at radius 2 is 1.86 bits per heavy atom. The van der Waals surface area contributed by atoms with E-state index < -0.39 is 28.0 Å². The van der Waals surface area contributed by atoms with Gasteiger partial charge in [-0.2, -0.15) is 30.2 Å². The van der Waals surface area contributed by atoms with Gasteiger partial charge in [-0.15, -0.1) is 0 Å². The Labute approximate surface area is 213 Å². The molecule has 2 aromatic rings. The molecule has 9 nitrogen and oxygen atoms in total. The van der Waals surface area contributed by atoms with Gasteiger partial charge in [-0.3, -0.25) is 0 Å². The summed E-state index contributed by atoms with van der Waals surface area (Å²) in [6.45, 7) is 2.63. The monoisotopic (exact) mass is 548 g/mol. The lowest BCUT2D eigenvalue weighted by Crippen LogP contribution is -2.49. The molecule has 1 aromatic heterocycles. The molecule has 1 aromatic carbocycles. The van der Waals surface area contributed by atoms with Crippen LogP contribution in [0.15, 0.2) is 18.2 Å². The Kier molecular flexibility index (Phi) is 7.68. The highest BCUT2D eigenvalue weighted by molar-refractivity contribution is 7.86. The van der Waals surface area contributed by atoms with Gasteiger partial charge in [0.1, 0.15) is 5.82 Å². The molecule has 14 heteroatoms. The molecule has 2 aliphatic heterocycles. The summed E-state index contributed by atoms with van der Waals surface area (Å²) in [6, 6.07) is 2.70. The van der Waals surface area contributed by atoms with Crippen LogP contribution in [0.5, 0.6) is 0 Å². The molecule has 0 bridgehead atoms. The van der Waals surface area contributed by atoms with Crippen molar-refractivity contribution in [2.45, 2.75) is 51.1 Å². The molecule has 0 aliphatic carbocycles. The molecule has 0 amide bonds. The summed E-state index contributed by atoms with van der Waals surface area (Å²) >= 11 is 6.11. The lowest BCUT2D eigenvalue weighted by molar-refractivity contribution is -0.137. The first-order valence-electron chi connectivity index (χ1n) is 11.5. The average Bonchev–Trinajstić information content (AvgIpc) is 2.82. The van der Waals surface area contributed by atoms with Gasteiger partial charge in [-0.05, 0) is 55.1 Å². The van der Waals surface area contributed by atoms with Crippen LogP contribution in [0, 0.1) is 0 Å². The van der Waals surface area contributed by atoms with E-state index in [4.69, 9.17) is 22.1 Å². The van der Waals surface area contributed by atoms with Crippen LogP contribution in [-0.4, -0.2) is 59.8 Å². The molecule has 0 spiro atoms. The largest absolute Gasteiger partial charge is 0.416 e. The molecule has 3 N–H and O–H groups in total. The summed E-state index contributed by atoms with van der Waals surface area (Å²) in [6.07, 6.45) is -2.96. The van der Waals surface area contributed by atoms with Crippen molar-refractivity contribution in [1.29, 1.82) is 0 Å². The minimum absolute atomic E-state index is 0.0127. The Hall–Kier alpha value is -2.19. The minimum atomic E-state index is -4.55. The van der Waals surface area contributed by atoms with Crippen molar-refractivity contribution in [1.82, 2.24) is 18.6 Å². The van der Waals surface area contributed by atoms with Crippen LogP contribution in [0.1, 0.15) is 48.2 Å². The molecular weight excluding hydrogens is 521 g/mol. The average molecular weight is 549 g/mol. The summed E-state index contributed by atoms with van der Waals surface area (Å²) < 4.78 is 74.7. The van der Waals surface area contributed by atoms with E-state index >= 15 is 0 Å². The van der Waals surface area contributed by atoms with Gasteiger partial charge in [0.05, 0.1) is 23.4 Å². The number of piperidine rings is 1. The zero-order valence-corrected chi connectivity index (χ0v) is 21.4. The van der Waals surface area contributed by atoms with Crippen molar-refractivity contribution in [3.8, 4) is 0 Å². The third-order valence-corrected chi connectivity index (χ3v) is 8.69. The number of alkyl halides is 3. The van der Waals surface area contributed by atoms with E-state index in [1.165, 1.54) is 14.7 Å². The second kappa shape index (κ2) is 10.3. The number of rotatable bonds is 6. The number of methoxy groups -OCH3 is 1. The van der Waals surface area contributed by atoms with E-state index in [-0.39, 0.29) is 36.0 Å². The van der Waals surface area contributed by atoms with Crippen LogP contribution in [0.25, 0.3) is 0 Å². The van der Waals surface area contributed by atoms with E-state index in [2.05, 4.69) is 15.3 Å². The van der Waals surface area contributed by atoms with Crippen LogP contribution in [0.4, 0.5) is 24.7 Å². The number of ether oxygens (including phenoxy) is 1. The highest BCUT2D eigenvalue weighted by Gasteiger charge is 2.36. The van der Waals surface area contributed by atoms with Gasteiger partial charge in [0.25, 0.3) is 10.2 Å². The zero-order chi connectivity index (χ0) is 26.3. The number of nitrogens with zero attached hydrogens (tertiary/aromatic N) is 4. The molecule has 36 heavy (non-hydrogen) atoms. The third kappa shape index (κ3) is 5.70. The first kappa shape index (κ1) is 26.9. The number of hydrogen-bond acceptors (Lipinski definition) is 7. The third-order valence-electron chi connectivity index (χ3n) is 6.54. The van der Waals surface area contributed by atoms with Gasteiger partial charge < -0.3 is 15.8 Å². The fraction of sp³-hybridized carbons (Fsp3) is 0.545. The minimum Gasteiger partial charge on any atom is -0.399 e. The maximum absolute atomic E-state index is 13.3. The van der Waals surface area contributed by atoms with Crippen LogP contribution < -0.4 is 11.1 Å². The van der Waals surface area contributed by atoms with Gasteiger partial charge in [0, 0.05) is 51.0 Å². The zero-order valence-electron chi connectivity index (χ0n) is 19.8. The van der Waals surface area contributed by atoms with Crippen LogP contribution in [0.3, 0.4) is 0 Å². The molecular formula is C22H28ClF3N6O3S. The van der Waals surface area contributed by atoms with E-state index in [0.717, 1.165) is 12.1 Å². The van der Waals surface area contributed by atoms with E-state index in [1.807, 2.05) is 0 Å². The van der Waals surface area contributed by atoms with Crippen molar-refractivity contribution in [2.24, 2.45) is 0 Å². The standard InChI is InChI=1S/C22H28ClF3N6O3S/c1-13(14-9-15(22(24,25)26)11-16(27)10-14)28-20-18-12-32(8-5-19(18)29-21(23)30-20)36(33,34)31-6-3-17(35-2)4-7-31/h9-11,13,17H,3-8,12,27H2,1-2H3,(H,28,29,30)/t13-/m1/s1. The molecule has 0 radical (unpaired) electrons. The van der Waals surface area contributed by atoms with E-state index in [0.29, 0.717) is 49.2 Å². The molecule has 4 rings (SSSR count). The molecule has 0 unspecified atom stereocenters. The summed E-state index contributed by atoms with van der Waals surface area (Å²) in [7, 11) is -2.13. The van der Waals surface area contributed by atoms with Gasteiger partial charge in [0.15, 0.2) is 0 Å². The van der Waals surface area contributed by atoms with Gasteiger partial charge in [-0.1, -0.05) is 0 Å². The van der Waals surface area contributed by atoms with Crippen LogP contribution in [-0.2, 0) is 34.1 Å². The quantitative estimate of drug-likeness (QED) is 0.418. The molecule has 198 valence electrons. The number of anilines is 2. The lowest BCUT2D eigenvalue weighted by atomic mass is 10.0. The predicted molar refractivity (Wildman–Crippen MR) is 130 cm³/mol. The Morgan fingerprint density at radius 3 is 2.50 bits per heavy atom. The van der Waals surface area contributed by atoms with Crippen LogP contribution >= 0.6 is 11.6 Å². The van der Waals surface area contributed by atoms with Gasteiger partial charge in [-0.25, -0.2) is 9.97 Å². The predicted octanol–water partition coefficient (Wildman–Crippen LogP) is 3.62. The number of halogens is 4. The lowest BCUT2D eigenvalue weighted by Gasteiger charge is -2.36. The number of nitrogen functional groups attached to an aromatic ring is 1. The second-order valence-corrected chi connectivity index (χ2v) is 11.2. The fourth-order valence-corrected chi connectivity index (χ4v) is 6.32. The molecule has 1 fully saturated rings. The van der Waals surface area contributed by atoms with Crippen molar-refractivity contribution in [2.75, 3.05) is 37.8 Å². The van der Waals surface area contributed by atoms with Gasteiger partial charge >= 0.3 is 6.18 Å². The first-order valence-corrected chi connectivity index (χ1v) is 13.2. The first-order chi connectivity index (χ1) is 16.9. The maximum atomic E-state index is 13.3. The van der Waals surface area contributed by atoms with E-state index in [1.54, 1.807) is 14.0 Å². The molecule has 1 saturated heterocycles. The Morgan fingerprint density at radius 1 is 1.17 bits per heavy atom. The smallest absolute Gasteiger partial charge is 0.399 e. The van der Waals surface area contributed by atoms with E-state index in [9.17, 15) is 21.6 Å². The highest BCUT2D eigenvalue weighted by Crippen LogP contribution is 2.35. The SMILES string of the molecule is COC1CCN(S(=O)(=O)N2CCc3nc(Cl)nc(N[C@H](C)c4cc(N)cc(C(F)(F)F)c4)c3C2)CC1. The van der Waals surface area contributed by atoms with Gasteiger partial charge in [0.2, 0.25) is 5.28 Å². The Balaban J connectivity index is 1.58. The van der Waals surface area contributed by atoms with Crippen molar-refractivity contribution in [3.05, 3.63) is 45.9 Å². The summed E-state index contributed by atoms with van der Waals surface area (Å²) in [4.78, 5) is 8.49. The number of nitrogens with one attached hydrogen (secondary N) is 1. The normalized spacial score (nSPS) is 19.2. The molecule has 0 saturated carbocycles. The van der Waals surface area contributed by atoms with Crippen LogP contribution in [0.2, 0.25) is 5.28 Å².